The first kappa shape index (κ1) is 17.2. The molecule has 0 aliphatic heterocycles. The lowest BCUT2D eigenvalue weighted by Gasteiger charge is -2.11. The molecule has 0 radical (unpaired) electrons. The van der Waals surface area contributed by atoms with Crippen molar-refractivity contribution in [2.75, 3.05) is 20.6 Å². The average molecular weight is 337 g/mol. The summed E-state index contributed by atoms with van der Waals surface area (Å²) < 4.78 is 30.3. The SMILES string of the molecule is Cc1cnc(CCNC(=O)c2ccc(S(=O)(=O)N(C)C)cc2)o1. The summed E-state index contributed by atoms with van der Waals surface area (Å²) in [6.07, 6.45) is 2.12. The van der Waals surface area contributed by atoms with Crippen molar-refractivity contribution in [3.8, 4) is 0 Å². The van der Waals surface area contributed by atoms with Crippen molar-refractivity contribution < 1.29 is 17.6 Å². The number of rotatable bonds is 6. The quantitative estimate of drug-likeness (QED) is 0.855. The summed E-state index contributed by atoms with van der Waals surface area (Å²) in [5.41, 5.74) is 0.395. The standard InChI is InChI=1S/C15H19N3O4S/c1-11-10-17-14(22-11)8-9-16-15(19)12-4-6-13(7-5-12)23(20,21)18(2)3/h4-7,10H,8-9H2,1-3H3,(H,16,19). The lowest BCUT2D eigenvalue weighted by atomic mass is 10.2. The Bertz CT molecular complexity index is 779. The normalized spacial score (nSPS) is 11.7. The Balaban J connectivity index is 1.95. The van der Waals surface area contributed by atoms with E-state index in [1.165, 1.54) is 38.4 Å². The van der Waals surface area contributed by atoms with Gasteiger partial charge in [-0.2, -0.15) is 0 Å². The fraction of sp³-hybridized carbons (Fsp3) is 0.333. The predicted octanol–water partition coefficient (Wildman–Crippen LogP) is 1.21. The van der Waals surface area contributed by atoms with Crippen LogP contribution in [-0.2, 0) is 16.4 Å². The highest BCUT2D eigenvalue weighted by Gasteiger charge is 2.17. The van der Waals surface area contributed by atoms with Crippen molar-refractivity contribution >= 4 is 15.9 Å². The number of oxazole rings is 1. The second kappa shape index (κ2) is 6.93. The van der Waals surface area contributed by atoms with Crippen molar-refractivity contribution in [1.82, 2.24) is 14.6 Å². The van der Waals surface area contributed by atoms with Crippen LogP contribution in [-0.4, -0.2) is 44.3 Å². The summed E-state index contributed by atoms with van der Waals surface area (Å²) >= 11 is 0. The van der Waals surface area contributed by atoms with Crippen molar-refractivity contribution in [2.24, 2.45) is 0 Å². The summed E-state index contributed by atoms with van der Waals surface area (Å²) in [5, 5.41) is 2.74. The van der Waals surface area contributed by atoms with Crippen molar-refractivity contribution in [3.05, 3.63) is 47.7 Å². The van der Waals surface area contributed by atoms with Gasteiger partial charge in [-0.1, -0.05) is 0 Å². The minimum atomic E-state index is -3.49. The van der Waals surface area contributed by atoms with Gasteiger partial charge in [0.1, 0.15) is 5.76 Å². The van der Waals surface area contributed by atoms with Crippen molar-refractivity contribution in [2.45, 2.75) is 18.2 Å². The van der Waals surface area contributed by atoms with E-state index in [0.717, 1.165) is 10.1 Å². The van der Waals surface area contributed by atoms with E-state index in [2.05, 4.69) is 10.3 Å². The van der Waals surface area contributed by atoms with Crippen LogP contribution in [0.25, 0.3) is 0 Å². The van der Waals surface area contributed by atoms with Gasteiger partial charge in [-0.05, 0) is 31.2 Å². The third-order valence-electron chi connectivity index (χ3n) is 3.19. The number of hydrogen-bond donors (Lipinski definition) is 1. The molecule has 1 amide bonds. The zero-order chi connectivity index (χ0) is 17.0. The fourth-order valence-corrected chi connectivity index (χ4v) is 2.79. The molecule has 1 heterocycles. The molecule has 0 saturated carbocycles. The first-order valence-corrected chi connectivity index (χ1v) is 8.47. The molecule has 1 N–H and O–H groups in total. The molecule has 0 aliphatic carbocycles. The lowest BCUT2D eigenvalue weighted by molar-refractivity contribution is 0.0953. The van der Waals surface area contributed by atoms with Crippen LogP contribution in [0.3, 0.4) is 0 Å². The third-order valence-corrected chi connectivity index (χ3v) is 5.02. The number of amides is 1. The number of hydrogen-bond acceptors (Lipinski definition) is 5. The molecule has 0 spiro atoms. The van der Waals surface area contributed by atoms with Gasteiger partial charge < -0.3 is 9.73 Å². The molecule has 1 aromatic carbocycles. The van der Waals surface area contributed by atoms with Crippen LogP contribution in [0.1, 0.15) is 22.0 Å². The fourth-order valence-electron chi connectivity index (χ4n) is 1.89. The van der Waals surface area contributed by atoms with E-state index in [1.54, 1.807) is 13.1 Å². The number of carbonyl (C=O) groups excluding carboxylic acids is 1. The first-order chi connectivity index (χ1) is 10.8. The zero-order valence-corrected chi connectivity index (χ0v) is 14.1. The Hall–Kier alpha value is -2.19. The van der Waals surface area contributed by atoms with Crippen LogP contribution in [0, 0.1) is 6.92 Å². The molecule has 0 saturated heterocycles. The minimum absolute atomic E-state index is 0.148. The highest BCUT2D eigenvalue weighted by molar-refractivity contribution is 7.89. The number of aryl methyl sites for hydroxylation is 1. The molecular weight excluding hydrogens is 318 g/mol. The Kier molecular flexibility index (Phi) is 5.17. The number of benzene rings is 1. The molecule has 8 heteroatoms. The van der Waals surface area contributed by atoms with Crippen LogP contribution >= 0.6 is 0 Å². The molecule has 2 rings (SSSR count). The van der Waals surface area contributed by atoms with Crippen LogP contribution < -0.4 is 5.32 Å². The number of nitrogens with one attached hydrogen (secondary N) is 1. The summed E-state index contributed by atoms with van der Waals surface area (Å²) in [4.78, 5) is 16.2. The van der Waals surface area contributed by atoms with Gasteiger partial charge in [0.15, 0.2) is 5.89 Å². The van der Waals surface area contributed by atoms with E-state index in [0.29, 0.717) is 24.4 Å². The molecule has 0 atom stereocenters. The largest absolute Gasteiger partial charge is 0.446 e. The van der Waals surface area contributed by atoms with Gasteiger partial charge in [0.25, 0.3) is 5.91 Å². The predicted molar refractivity (Wildman–Crippen MR) is 84.6 cm³/mol. The van der Waals surface area contributed by atoms with Crippen molar-refractivity contribution in [1.29, 1.82) is 0 Å². The highest BCUT2D eigenvalue weighted by atomic mass is 32.2. The van der Waals surface area contributed by atoms with Crippen LogP contribution in [0.2, 0.25) is 0 Å². The average Bonchev–Trinajstić information content (AvgIpc) is 2.92. The summed E-state index contributed by atoms with van der Waals surface area (Å²) in [7, 11) is -0.572. The van der Waals surface area contributed by atoms with Gasteiger partial charge in [-0.15, -0.1) is 0 Å². The second-order valence-electron chi connectivity index (χ2n) is 5.18. The molecule has 0 bridgehead atoms. The number of aromatic nitrogens is 1. The van der Waals surface area contributed by atoms with E-state index in [-0.39, 0.29) is 10.8 Å². The van der Waals surface area contributed by atoms with Gasteiger partial charge in [0, 0.05) is 32.6 Å². The number of carbonyl (C=O) groups is 1. The summed E-state index contributed by atoms with van der Waals surface area (Å²) in [5.74, 6) is 1.02. The first-order valence-electron chi connectivity index (χ1n) is 7.03. The van der Waals surface area contributed by atoms with Crippen LogP contribution in [0.4, 0.5) is 0 Å². The third kappa shape index (κ3) is 4.17. The van der Waals surface area contributed by atoms with Gasteiger partial charge in [-0.3, -0.25) is 4.79 Å². The van der Waals surface area contributed by atoms with E-state index in [4.69, 9.17) is 4.42 Å². The number of sulfonamides is 1. The molecule has 23 heavy (non-hydrogen) atoms. The van der Waals surface area contributed by atoms with E-state index >= 15 is 0 Å². The lowest BCUT2D eigenvalue weighted by Crippen LogP contribution is -2.26. The van der Waals surface area contributed by atoms with E-state index < -0.39 is 10.0 Å². The Morgan fingerprint density at radius 2 is 1.91 bits per heavy atom. The molecule has 0 aliphatic rings. The monoisotopic (exact) mass is 337 g/mol. The Morgan fingerprint density at radius 1 is 1.26 bits per heavy atom. The van der Waals surface area contributed by atoms with Gasteiger partial charge in [0.2, 0.25) is 10.0 Å². The van der Waals surface area contributed by atoms with Crippen molar-refractivity contribution in [3.63, 3.8) is 0 Å². The van der Waals surface area contributed by atoms with E-state index in [9.17, 15) is 13.2 Å². The maximum Gasteiger partial charge on any atom is 0.251 e. The summed E-state index contributed by atoms with van der Waals surface area (Å²) in [6, 6.07) is 5.81. The molecule has 1 aromatic heterocycles. The van der Waals surface area contributed by atoms with Gasteiger partial charge in [0.05, 0.1) is 11.1 Å². The Morgan fingerprint density at radius 3 is 2.43 bits per heavy atom. The molecule has 0 fully saturated rings. The second-order valence-corrected chi connectivity index (χ2v) is 7.33. The molecule has 7 nitrogen and oxygen atoms in total. The molecular formula is C15H19N3O4S. The molecule has 2 aromatic rings. The summed E-state index contributed by atoms with van der Waals surface area (Å²) in [6.45, 7) is 2.19. The smallest absolute Gasteiger partial charge is 0.251 e. The topological polar surface area (TPSA) is 92.5 Å². The minimum Gasteiger partial charge on any atom is -0.446 e. The Labute approximate surface area is 135 Å². The maximum atomic E-state index is 12.0. The maximum absolute atomic E-state index is 12.0. The molecule has 124 valence electrons. The highest BCUT2D eigenvalue weighted by Crippen LogP contribution is 2.14. The number of nitrogens with zero attached hydrogens (tertiary/aromatic N) is 2. The van der Waals surface area contributed by atoms with E-state index in [1.807, 2.05) is 0 Å². The zero-order valence-electron chi connectivity index (χ0n) is 13.2. The van der Waals surface area contributed by atoms with Crippen LogP contribution in [0.15, 0.2) is 39.8 Å². The van der Waals surface area contributed by atoms with Crippen LogP contribution in [0.5, 0.6) is 0 Å². The van der Waals surface area contributed by atoms with Gasteiger partial charge in [-0.25, -0.2) is 17.7 Å². The molecule has 0 unspecified atom stereocenters. The van der Waals surface area contributed by atoms with Gasteiger partial charge >= 0.3 is 0 Å².